The summed E-state index contributed by atoms with van der Waals surface area (Å²) in [4.78, 5) is 0.332. The van der Waals surface area contributed by atoms with Crippen LogP contribution in [0.25, 0.3) is 11.1 Å². The quantitative estimate of drug-likeness (QED) is 0.868. The van der Waals surface area contributed by atoms with Gasteiger partial charge in [0.25, 0.3) is 0 Å². The predicted molar refractivity (Wildman–Crippen MR) is 90.6 cm³/mol. The highest BCUT2D eigenvalue weighted by Crippen LogP contribution is 2.24. The molecule has 5 heteroatoms. The number of hydrogen-bond donors (Lipinski definition) is 0. The Morgan fingerprint density at radius 3 is 1.96 bits per heavy atom. The van der Waals surface area contributed by atoms with Crippen LogP contribution in [0.15, 0.2) is 59.5 Å². The van der Waals surface area contributed by atoms with Crippen molar-refractivity contribution in [1.29, 1.82) is 0 Å². The van der Waals surface area contributed by atoms with E-state index in [1.807, 2.05) is 56.3 Å². The van der Waals surface area contributed by atoms with Crippen LogP contribution in [0.4, 0.5) is 0 Å². The fraction of sp³-hybridized carbons (Fsp3) is 0.333. The third-order valence-corrected chi connectivity index (χ3v) is 5.83. The molecule has 2 aromatic carbocycles. The molecule has 1 saturated heterocycles. The first-order chi connectivity index (χ1) is 11.0. The van der Waals surface area contributed by atoms with Crippen molar-refractivity contribution in [2.45, 2.75) is 31.0 Å². The second-order valence-electron chi connectivity index (χ2n) is 5.97. The fourth-order valence-corrected chi connectivity index (χ4v) is 4.52. The Morgan fingerprint density at radius 1 is 0.870 bits per heavy atom. The van der Waals surface area contributed by atoms with Gasteiger partial charge in [0.05, 0.1) is 17.1 Å². The summed E-state index contributed by atoms with van der Waals surface area (Å²) < 4.78 is 32.7. The van der Waals surface area contributed by atoms with E-state index in [9.17, 15) is 8.42 Å². The van der Waals surface area contributed by atoms with Crippen LogP contribution in [-0.4, -0.2) is 38.0 Å². The summed E-state index contributed by atoms with van der Waals surface area (Å²) in [7, 11) is -3.47. The molecule has 0 unspecified atom stereocenters. The van der Waals surface area contributed by atoms with Crippen molar-refractivity contribution in [3.05, 3.63) is 54.6 Å². The lowest BCUT2D eigenvalue weighted by molar-refractivity contribution is -0.0440. The molecule has 1 fully saturated rings. The lowest BCUT2D eigenvalue weighted by Crippen LogP contribution is -2.48. The molecule has 0 bridgehead atoms. The van der Waals surface area contributed by atoms with Gasteiger partial charge in [-0.2, -0.15) is 4.31 Å². The van der Waals surface area contributed by atoms with Crippen LogP contribution in [0, 0.1) is 0 Å². The molecule has 2 aromatic rings. The van der Waals surface area contributed by atoms with E-state index in [-0.39, 0.29) is 12.2 Å². The summed E-state index contributed by atoms with van der Waals surface area (Å²) >= 11 is 0. The van der Waals surface area contributed by atoms with Crippen LogP contribution in [0.2, 0.25) is 0 Å². The molecule has 0 N–H and O–H groups in total. The Bertz CT molecular complexity index is 747. The van der Waals surface area contributed by atoms with Crippen molar-refractivity contribution in [2.75, 3.05) is 13.1 Å². The first kappa shape index (κ1) is 16.2. The average molecular weight is 331 g/mol. The monoisotopic (exact) mass is 331 g/mol. The Morgan fingerprint density at radius 2 is 1.39 bits per heavy atom. The molecule has 122 valence electrons. The highest BCUT2D eigenvalue weighted by molar-refractivity contribution is 7.89. The molecule has 0 aliphatic carbocycles. The first-order valence-corrected chi connectivity index (χ1v) is 9.22. The highest BCUT2D eigenvalue weighted by Gasteiger charge is 2.32. The minimum atomic E-state index is -3.47. The van der Waals surface area contributed by atoms with E-state index in [4.69, 9.17) is 4.74 Å². The Balaban J connectivity index is 1.86. The molecular weight excluding hydrogens is 310 g/mol. The van der Waals surface area contributed by atoms with E-state index in [1.54, 1.807) is 12.1 Å². The summed E-state index contributed by atoms with van der Waals surface area (Å²) in [6.45, 7) is 4.59. The van der Waals surface area contributed by atoms with Crippen LogP contribution in [0.3, 0.4) is 0 Å². The minimum Gasteiger partial charge on any atom is -0.373 e. The third kappa shape index (κ3) is 3.47. The van der Waals surface area contributed by atoms with Gasteiger partial charge in [0.1, 0.15) is 0 Å². The van der Waals surface area contributed by atoms with E-state index in [0.29, 0.717) is 18.0 Å². The van der Waals surface area contributed by atoms with Crippen LogP contribution >= 0.6 is 0 Å². The number of rotatable bonds is 3. The molecule has 3 rings (SSSR count). The Hall–Kier alpha value is -1.69. The molecule has 0 aromatic heterocycles. The van der Waals surface area contributed by atoms with Gasteiger partial charge in [-0.05, 0) is 37.1 Å². The van der Waals surface area contributed by atoms with Crippen LogP contribution in [-0.2, 0) is 14.8 Å². The number of nitrogens with zero attached hydrogens (tertiary/aromatic N) is 1. The maximum absolute atomic E-state index is 12.8. The summed E-state index contributed by atoms with van der Waals surface area (Å²) in [6.07, 6.45) is -0.172. The van der Waals surface area contributed by atoms with E-state index in [0.717, 1.165) is 11.1 Å². The zero-order valence-corrected chi connectivity index (χ0v) is 14.2. The van der Waals surface area contributed by atoms with Gasteiger partial charge in [-0.25, -0.2) is 8.42 Å². The zero-order chi connectivity index (χ0) is 16.4. The molecule has 4 nitrogen and oxygen atoms in total. The minimum absolute atomic E-state index is 0.0860. The molecular formula is C18H21NO3S. The molecule has 0 radical (unpaired) electrons. The maximum atomic E-state index is 12.8. The van der Waals surface area contributed by atoms with Gasteiger partial charge in [0, 0.05) is 13.1 Å². The SMILES string of the molecule is C[C@@H]1CN(S(=O)(=O)c2ccc(-c3ccccc3)cc2)C[C@@H](C)O1. The highest BCUT2D eigenvalue weighted by atomic mass is 32.2. The van der Waals surface area contributed by atoms with Crippen LogP contribution in [0.5, 0.6) is 0 Å². The van der Waals surface area contributed by atoms with E-state index in [2.05, 4.69) is 0 Å². The van der Waals surface area contributed by atoms with Gasteiger partial charge >= 0.3 is 0 Å². The topological polar surface area (TPSA) is 46.6 Å². The molecule has 0 saturated carbocycles. The summed E-state index contributed by atoms with van der Waals surface area (Å²) in [5.74, 6) is 0. The van der Waals surface area contributed by atoms with Crippen molar-refractivity contribution < 1.29 is 13.2 Å². The third-order valence-electron chi connectivity index (χ3n) is 3.99. The van der Waals surface area contributed by atoms with Crippen molar-refractivity contribution in [3.8, 4) is 11.1 Å². The lowest BCUT2D eigenvalue weighted by Gasteiger charge is -2.34. The zero-order valence-electron chi connectivity index (χ0n) is 13.3. The molecule has 0 spiro atoms. The van der Waals surface area contributed by atoms with Gasteiger partial charge in [0.15, 0.2) is 0 Å². The number of benzene rings is 2. The smallest absolute Gasteiger partial charge is 0.243 e. The normalized spacial score (nSPS) is 22.9. The average Bonchev–Trinajstić information content (AvgIpc) is 2.55. The van der Waals surface area contributed by atoms with Crippen molar-refractivity contribution in [1.82, 2.24) is 4.31 Å². The summed E-state index contributed by atoms with van der Waals surface area (Å²) in [6, 6.07) is 17.0. The number of sulfonamides is 1. The number of ether oxygens (including phenoxy) is 1. The molecule has 1 heterocycles. The van der Waals surface area contributed by atoms with Crippen LogP contribution in [0.1, 0.15) is 13.8 Å². The predicted octanol–water partition coefficient (Wildman–Crippen LogP) is 3.15. The molecule has 2 atom stereocenters. The lowest BCUT2D eigenvalue weighted by atomic mass is 10.1. The maximum Gasteiger partial charge on any atom is 0.243 e. The van der Waals surface area contributed by atoms with Gasteiger partial charge in [0.2, 0.25) is 10.0 Å². The van der Waals surface area contributed by atoms with E-state index < -0.39 is 10.0 Å². The van der Waals surface area contributed by atoms with Crippen molar-refractivity contribution in [3.63, 3.8) is 0 Å². The molecule has 1 aliphatic rings. The second-order valence-corrected chi connectivity index (χ2v) is 7.91. The van der Waals surface area contributed by atoms with E-state index >= 15 is 0 Å². The molecule has 1 aliphatic heterocycles. The van der Waals surface area contributed by atoms with Gasteiger partial charge in [-0.15, -0.1) is 0 Å². The van der Waals surface area contributed by atoms with Crippen molar-refractivity contribution in [2.24, 2.45) is 0 Å². The summed E-state index contributed by atoms with van der Waals surface area (Å²) in [5, 5.41) is 0. The second kappa shape index (κ2) is 6.43. The Labute approximate surface area is 137 Å². The van der Waals surface area contributed by atoms with E-state index in [1.165, 1.54) is 4.31 Å². The largest absolute Gasteiger partial charge is 0.373 e. The summed E-state index contributed by atoms with van der Waals surface area (Å²) in [5.41, 5.74) is 2.08. The standard InChI is InChI=1S/C18H21NO3S/c1-14-12-19(13-15(2)22-14)23(20,21)18-10-8-17(9-11-18)16-6-4-3-5-7-16/h3-11,14-15H,12-13H2,1-2H3/t14-,15-/m1/s1. The fourth-order valence-electron chi connectivity index (χ4n) is 2.93. The van der Waals surface area contributed by atoms with Gasteiger partial charge in [-0.1, -0.05) is 42.5 Å². The Kier molecular flexibility index (Phi) is 4.53. The van der Waals surface area contributed by atoms with Crippen LogP contribution < -0.4 is 0 Å². The van der Waals surface area contributed by atoms with Crippen molar-refractivity contribution >= 4 is 10.0 Å². The molecule has 23 heavy (non-hydrogen) atoms. The van der Waals surface area contributed by atoms with Gasteiger partial charge < -0.3 is 4.74 Å². The molecule has 0 amide bonds. The number of morpholine rings is 1. The van der Waals surface area contributed by atoms with Gasteiger partial charge in [-0.3, -0.25) is 0 Å². The number of hydrogen-bond acceptors (Lipinski definition) is 3. The first-order valence-electron chi connectivity index (χ1n) is 7.78.